The lowest BCUT2D eigenvalue weighted by Gasteiger charge is -2.42. The number of ether oxygens (including phenoxy) is 3. The molecule has 5 aliphatic carbocycles. The van der Waals surface area contributed by atoms with Gasteiger partial charge in [-0.05, 0) is 168 Å². The molecule has 524 valence electrons. The Hall–Kier alpha value is -6.68. The first-order valence-electron chi connectivity index (χ1n) is 33.7. The molecule has 3 heterocycles. The standard InChI is InChI=1S/C24H33FN2O5S.C23H31FN2O5S.C20H28FN3O5S/c25-20-9-8-19(14-21(20)32-16-18-6-7-18)24(10-2-3-11-24)17-33(30,31)13-5-1-4-12-27-15-22(28)26-23(27)29;24-19-8-7-18(13-20(19)31-15-17-5-6-17)23(9-4-10-23)16-32(29,30)12-3-1-2-11-26-14-21(27)25-22(26)28;1-23(16-8-9-17(21)18(12-16)29-14-15-6-7-15)30(27,28)11-5-3-2-4-10-24-13-19(25)22-20(24)26/h8-9,14,18H,1-7,10-13,15-17H2,(H,26,28,29);7-8,13,17H,1-6,9-12,14-16H2,(H,25,27,28);8-9,12,15H,2-7,10-11,13-14H2,1H3,(H,22,25,26). The summed E-state index contributed by atoms with van der Waals surface area (Å²) in [4.78, 5) is 72.4. The molecule has 95 heavy (non-hydrogen) atoms. The zero-order valence-electron chi connectivity index (χ0n) is 54.4. The number of rotatable bonds is 36. The minimum absolute atomic E-state index is 0.0260. The van der Waals surface area contributed by atoms with Crippen LogP contribution in [0, 0.1) is 35.2 Å². The molecule has 3 aromatic carbocycles. The minimum Gasteiger partial charge on any atom is -0.490 e. The average Bonchev–Trinajstić information content (AvgIpc) is 1.76. The number of amides is 9. The zero-order valence-corrected chi connectivity index (χ0v) is 56.8. The molecule has 28 heteroatoms. The summed E-state index contributed by atoms with van der Waals surface area (Å²) in [6.07, 6.45) is 18.9. The molecule has 9 amide bonds. The number of hydrogen-bond donors (Lipinski definition) is 3. The Morgan fingerprint density at radius 3 is 1.14 bits per heavy atom. The predicted octanol–water partition coefficient (Wildman–Crippen LogP) is 9.23. The summed E-state index contributed by atoms with van der Waals surface area (Å²) in [5, 5.41) is 6.69. The first kappa shape index (κ1) is 72.6. The van der Waals surface area contributed by atoms with Gasteiger partial charge in [-0.3, -0.25) is 34.6 Å². The van der Waals surface area contributed by atoms with Crippen molar-refractivity contribution in [3.05, 3.63) is 83.2 Å². The zero-order chi connectivity index (χ0) is 68.0. The van der Waals surface area contributed by atoms with Gasteiger partial charge in [0, 0.05) is 43.6 Å². The third-order valence-electron chi connectivity index (χ3n) is 19.1. The molecular weight excluding hydrogens is 1300 g/mol. The Morgan fingerprint density at radius 1 is 0.453 bits per heavy atom. The van der Waals surface area contributed by atoms with Crippen molar-refractivity contribution in [2.45, 2.75) is 159 Å². The van der Waals surface area contributed by atoms with Gasteiger partial charge in [-0.1, -0.05) is 57.1 Å². The minimum atomic E-state index is -3.54. The summed E-state index contributed by atoms with van der Waals surface area (Å²) in [7, 11) is -8.69. The van der Waals surface area contributed by atoms with E-state index in [1.165, 1.54) is 52.1 Å². The van der Waals surface area contributed by atoms with Crippen LogP contribution in [-0.4, -0.2) is 171 Å². The van der Waals surface area contributed by atoms with E-state index in [1.807, 2.05) is 0 Å². The van der Waals surface area contributed by atoms with E-state index in [-0.39, 0.29) is 101 Å². The van der Waals surface area contributed by atoms with Gasteiger partial charge in [-0.15, -0.1) is 0 Å². The number of anilines is 1. The molecule has 0 radical (unpaired) electrons. The fourth-order valence-corrected chi connectivity index (χ4v) is 18.1. The summed E-state index contributed by atoms with van der Waals surface area (Å²) >= 11 is 0. The van der Waals surface area contributed by atoms with Crippen molar-refractivity contribution in [2.75, 3.05) is 99.2 Å². The summed E-state index contributed by atoms with van der Waals surface area (Å²) in [5.41, 5.74) is 1.13. The largest absolute Gasteiger partial charge is 0.490 e. The van der Waals surface area contributed by atoms with E-state index in [9.17, 15) is 67.2 Å². The van der Waals surface area contributed by atoms with Crippen LogP contribution in [-0.2, 0) is 54.9 Å². The number of halogens is 3. The summed E-state index contributed by atoms with van der Waals surface area (Å²) < 4.78 is 138. The predicted molar refractivity (Wildman–Crippen MR) is 351 cm³/mol. The van der Waals surface area contributed by atoms with Gasteiger partial charge in [0.1, 0.15) is 19.6 Å². The number of unbranched alkanes of at least 4 members (excludes halogenated alkanes) is 7. The highest BCUT2D eigenvalue weighted by Gasteiger charge is 2.44. The Balaban J connectivity index is 0.000000168. The summed E-state index contributed by atoms with van der Waals surface area (Å²) in [6, 6.07) is 12.6. The smallest absolute Gasteiger partial charge is 0.324 e. The molecule has 5 saturated carbocycles. The van der Waals surface area contributed by atoms with Crippen molar-refractivity contribution in [3.8, 4) is 17.2 Å². The van der Waals surface area contributed by atoms with Crippen molar-refractivity contribution in [1.29, 1.82) is 0 Å². The quantitative estimate of drug-likeness (QED) is 0.0361. The fourth-order valence-electron chi connectivity index (χ4n) is 12.7. The van der Waals surface area contributed by atoms with E-state index in [0.29, 0.717) is 121 Å². The molecule has 22 nitrogen and oxygen atoms in total. The van der Waals surface area contributed by atoms with E-state index in [0.717, 1.165) is 105 Å². The fraction of sp³-hybridized carbons (Fsp3) is 0.642. The second-order valence-corrected chi connectivity index (χ2v) is 33.6. The van der Waals surface area contributed by atoms with Gasteiger partial charge < -0.3 is 28.9 Å². The first-order chi connectivity index (χ1) is 45.3. The molecule has 0 bridgehead atoms. The maximum atomic E-state index is 14.3. The number of carbonyl (C=O) groups is 6. The van der Waals surface area contributed by atoms with Crippen LogP contribution in [0.15, 0.2) is 54.6 Å². The Morgan fingerprint density at radius 2 is 0.789 bits per heavy atom. The van der Waals surface area contributed by atoms with Crippen LogP contribution in [0.4, 0.5) is 33.2 Å². The van der Waals surface area contributed by atoms with Crippen LogP contribution in [0.25, 0.3) is 0 Å². The van der Waals surface area contributed by atoms with Crippen LogP contribution in [0.5, 0.6) is 17.2 Å². The second kappa shape index (κ2) is 32.6. The Kier molecular flexibility index (Phi) is 24.9. The maximum Gasteiger partial charge on any atom is 0.324 e. The van der Waals surface area contributed by atoms with Crippen LogP contribution in [0.1, 0.15) is 159 Å². The number of carbonyl (C=O) groups excluding carboxylic acids is 6. The van der Waals surface area contributed by atoms with Crippen LogP contribution >= 0.6 is 0 Å². The van der Waals surface area contributed by atoms with E-state index in [2.05, 4.69) is 16.0 Å². The van der Waals surface area contributed by atoms with Crippen molar-refractivity contribution in [2.24, 2.45) is 17.8 Å². The number of sulfone groups is 2. The molecule has 3 saturated heterocycles. The molecule has 8 aliphatic rings. The lowest BCUT2D eigenvalue weighted by Crippen LogP contribution is -2.41. The molecule has 3 N–H and O–H groups in total. The monoisotopic (exact) mass is 1390 g/mol. The normalized spacial score (nSPS) is 19.1. The summed E-state index contributed by atoms with van der Waals surface area (Å²) in [6.45, 7) is 3.07. The maximum absolute atomic E-state index is 14.3. The van der Waals surface area contributed by atoms with Gasteiger partial charge in [0.2, 0.25) is 27.7 Å². The van der Waals surface area contributed by atoms with Gasteiger partial charge in [0.15, 0.2) is 54.4 Å². The van der Waals surface area contributed by atoms with E-state index < -0.39 is 58.0 Å². The Labute approximate surface area is 556 Å². The van der Waals surface area contributed by atoms with Crippen molar-refractivity contribution in [3.63, 3.8) is 0 Å². The highest BCUT2D eigenvalue weighted by atomic mass is 32.2. The second-order valence-electron chi connectivity index (χ2n) is 27.1. The molecule has 11 rings (SSSR count). The van der Waals surface area contributed by atoms with Crippen LogP contribution in [0.3, 0.4) is 0 Å². The van der Waals surface area contributed by atoms with Crippen molar-refractivity contribution < 1.29 is 81.4 Å². The molecular formula is C67H92F3N7O15S3. The average molecular weight is 1390 g/mol. The molecule has 0 spiro atoms. The van der Waals surface area contributed by atoms with E-state index in [1.54, 1.807) is 24.3 Å². The number of benzene rings is 3. The lowest BCUT2D eigenvalue weighted by molar-refractivity contribution is -0.119. The van der Waals surface area contributed by atoms with Gasteiger partial charge in [-0.25, -0.2) is 52.8 Å². The third kappa shape index (κ3) is 21.7. The van der Waals surface area contributed by atoms with Gasteiger partial charge in [-0.2, -0.15) is 0 Å². The van der Waals surface area contributed by atoms with E-state index >= 15 is 0 Å². The van der Waals surface area contributed by atoms with Gasteiger partial charge >= 0.3 is 18.1 Å². The first-order valence-corrected chi connectivity index (χ1v) is 39.0. The highest BCUT2D eigenvalue weighted by Crippen LogP contribution is 2.47. The lowest BCUT2D eigenvalue weighted by atomic mass is 9.66. The molecule has 0 unspecified atom stereocenters. The number of nitrogens with zero attached hydrogens (tertiary/aromatic N) is 4. The van der Waals surface area contributed by atoms with Crippen molar-refractivity contribution in [1.82, 2.24) is 30.7 Å². The summed E-state index contributed by atoms with van der Waals surface area (Å²) in [5.74, 6) is 0.101. The van der Waals surface area contributed by atoms with Crippen molar-refractivity contribution >= 4 is 71.2 Å². The number of urea groups is 3. The van der Waals surface area contributed by atoms with Crippen LogP contribution < -0.4 is 34.5 Å². The number of imide groups is 3. The molecule has 0 aromatic heterocycles. The third-order valence-corrected chi connectivity index (χ3v) is 24.8. The molecule has 3 aliphatic heterocycles. The van der Waals surface area contributed by atoms with Gasteiger partial charge in [0.05, 0.1) is 54.3 Å². The van der Waals surface area contributed by atoms with Crippen LogP contribution in [0.2, 0.25) is 0 Å². The molecule has 3 aromatic rings. The SMILES string of the molecule is CN(c1ccc(F)c(OCC2CC2)c1)S(=O)(=O)CCCCCCN1CC(=O)NC1=O.O=C1CN(CCCCCS(=O)(=O)CC2(c3ccc(F)c(OCC4CC4)c3)CCC2)C(=O)N1.O=C1CN(CCCCCS(=O)(=O)CC2(c3ccc(F)c(OCC4CC4)c3)CCCC2)C(=O)N1. The molecule has 8 fully saturated rings. The number of hydrogen-bond acceptors (Lipinski definition) is 15. The Bertz CT molecular complexity index is 3580. The topological polar surface area (TPSA) is 282 Å². The van der Waals surface area contributed by atoms with Gasteiger partial charge in [0.25, 0.3) is 0 Å². The number of nitrogens with one attached hydrogen (secondary N) is 3. The number of sulfonamides is 1. The van der Waals surface area contributed by atoms with E-state index in [4.69, 9.17) is 14.2 Å². The molecule has 0 atom stereocenters. The highest BCUT2D eigenvalue weighted by molar-refractivity contribution is 7.92.